The van der Waals surface area contributed by atoms with Gasteiger partial charge in [-0.15, -0.1) is 0 Å². The van der Waals surface area contributed by atoms with Gasteiger partial charge in [-0.1, -0.05) is 180 Å². The second-order valence-corrected chi connectivity index (χ2v) is 17.0. The van der Waals surface area contributed by atoms with Gasteiger partial charge in [-0.3, -0.25) is 0 Å². The first kappa shape index (κ1) is 35.2. The molecule has 0 spiro atoms. The Hall–Kier alpha value is 0.177. The number of hydrogen-bond donors (Lipinski definition) is 0. The minimum Gasteiger partial charge on any atom is -0.418 e. The molecule has 2 heteroatoms. The van der Waals surface area contributed by atoms with Gasteiger partial charge in [0.1, 0.15) is 0 Å². The molecule has 0 unspecified atom stereocenters. The van der Waals surface area contributed by atoms with E-state index in [2.05, 4.69) is 26.6 Å². The highest BCUT2D eigenvalue weighted by atomic mass is 28.4. The first-order chi connectivity index (χ1) is 17.1. The lowest BCUT2D eigenvalue weighted by Gasteiger charge is -2.16. The largest absolute Gasteiger partial charge is 0.418 e. The molecule has 0 aromatic heterocycles. The summed E-state index contributed by atoms with van der Waals surface area (Å²) in [5, 5.41) is 0. The highest BCUT2D eigenvalue weighted by Crippen LogP contribution is 2.16. The van der Waals surface area contributed by atoms with Crippen molar-refractivity contribution in [1.29, 1.82) is 0 Å². The van der Waals surface area contributed by atoms with Crippen LogP contribution in [0.4, 0.5) is 0 Å². The van der Waals surface area contributed by atoms with E-state index >= 15 is 0 Å². The first-order valence-electron chi connectivity index (χ1n) is 16.7. The lowest BCUT2D eigenvalue weighted by atomic mass is 10.0. The Labute approximate surface area is 225 Å². The van der Waals surface area contributed by atoms with Crippen molar-refractivity contribution in [3.05, 3.63) is 0 Å². The van der Waals surface area contributed by atoms with E-state index in [0.717, 1.165) is 6.61 Å². The molecule has 0 saturated carbocycles. The Morgan fingerprint density at radius 3 is 0.714 bits per heavy atom. The van der Waals surface area contributed by atoms with Crippen LogP contribution < -0.4 is 0 Å². The lowest BCUT2D eigenvalue weighted by Crippen LogP contribution is -2.25. The van der Waals surface area contributed by atoms with Crippen molar-refractivity contribution in [3.63, 3.8) is 0 Å². The Morgan fingerprint density at radius 1 is 0.314 bits per heavy atom. The van der Waals surface area contributed by atoms with E-state index in [1.807, 2.05) is 0 Å². The molecule has 0 aromatic rings. The summed E-state index contributed by atoms with van der Waals surface area (Å²) in [5.41, 5.74) is 0. The topological polar surface area (TPSA) is 9.23 Å². The maximum atomic E-state index is 5.93. The summed E-state index contributed by atoms with van der Waals surface area (Å²) in [7, 11) is -1.28. The summed E-state index contributed by atoms with van der Waals surface area (Å²) in [6.07, 6.45) is 40.9. The Morgan fingerprint density at radius 2 is 0.514 bits per heavy atom. The molecule has 0 aromatic carbocycles. The van der Waals surface area contributed by atoms with Gasteiger partial charge in [-0.05, 0) is 26.1 Å². The molecule has 0 amide bonds. The monoisotopic (exact) mass is 511 g/mol. The van der Waals surface area contributed by atoms with E-state index in [0.29, 0.717) is 0 Å². The van der Waals surface area contributed by atoms with Crippen LogP contribution in [0.25, 0.3) is 0 Å². The molecular weight excluding hydrogens is 440 g/mol. The Bertz CT molecular complexity index is 376. The minimum absolute atomic E-state index is 0.995. The van der Waals surface area contributed by atoms with E-state index in [4.69, 9.17) is 4.43 Å². The second kappa shape index (κ2) is 28.7. The Balaban J connectivity index is 3.03. The van der Waals surface area contributed by atoms with Gasteiger partial charge in [0.05, 0.1) is 0 Å². The third kappa shape index (κ3) is 34.2. The summed E-state index contributed by atoms with van der Waals surface area (Å²) in [6, 6.07) is 0. The van der Waals surface area contributed by atoms with Gasteiger partial charge in [0, 0.05) is 6.61 Å². The normalized spacial score (nSPS) is 12.0. The molecule has 0 N–H and O–H groups in total. The van der Waals surface area contributed by atoms with E-state index in [9.17, 15) is 0 Å². The van der Waals surface area contributed by atoms with Crippen molar-refractivity contribution in [2.75, 3.05) is 6.61 Å². The van der Waals surface area contributed by atoms with Crippen LogP contribution in [0.2, 0.25) is 19.6 Å². The van der Waals surface area contributed by atoms with Gasteiger partial charge in [-0.2, -0.15) is 0 Å². The summed E-state index contributed by atoms with van der Waals surface area (Å²) in [6.45, 7) is 10.2. The average molecular weight is 511 g/mol. The van der Waals surface area contributed by atoms with Crippen LogP contribution in [-0.4, -0.2) is 14.9 Å². The van der Waals surface area contributed by atoms with Crippen LogP contribution in [0.1, 0.15) is 187 Å². The molecule has 35 heavy (non-hydrogen) atoms. The van der Waals surface area contributed by atoms with Crippen molar-refractivity contribution in [1.82, 2.24) is 0 Å². The van der Waals surface area contributed by atoms with Gasteiger partial charge < -0.3 is 4.43 Å². The van der Waals surface area contributed by atoms with Gasteiger partial charge in [0.15, 0.2) is 8.32 Å². The van der Waals surface area contributed by atoms with E-state index in [1.165, 1.54) is 180 Å². The smallest absolute Gasteiger partial charge is 0.183 e. The molecule has 0 aliphatic rings. The molecule has 0 fully saturated rings. The zero-order valence-electron chi connectivity index (χ0n) is 25.4. The molecule has 0 radical (unpaired) electrons. The van der Waals surface area contributed by atoms with Crippen LogP contribution in [0.5, 0.6) is 0 Å². The van der Waals surface area contributed by atoms with Gasteiger partial charge in [0.25, 0.3) is 0 Å². The quantitative estimate of drug-likeness (QED) is 0.0689. The SMILES string of the molecule is CCCCCCCCCCCCCCCCCCCCCCCCCCCCCCO[Si](C)(C)C. The number of rotatable bonds is 30. The lowest BCUT2D eigenvalue weighted by molar-refractivity contribution is 0.298. The standard InChI is InChI=1S/C33H70OSi/c1-5-6-7-8-9-10-11-12-13-14-15-16-17-18-19-20-21-22-23-24-25-26-27-28-29-30-31-32-33-34-35(2,3)4/h5-33H2,1-4H3. The van der Waals surface area contributed by atoms with Crippen molar-refractivity contribution in [2.24, 2.45) is 0 Å². The fraction of sp³-hybridized carbons (Fsp3) is 1.00. The number of unbranched alkanes of at least 4 members (excludes halogenated alkanes) is 27. The predicted octanol–water partition coefficient (Wildman–Crippen LogP) is 12.8. The van der Waals surface area contributed by atoms with Crippen LogP contribution in [-0.2, 0) is 4.43 Å². The van der Waals surface area contributed by atoms with Crippen LogP contribution >= 0.6 is 0 Å². The van der Waals surface area contributed by atoms with Crippen molar-refractivity contribution < 1.29 is 4.43 Å². The summed E-state index contributed by atoms with van der Waals surface area (Å²) < 4.78 is 5.93. The van der Waals surface area contributed by atoms with E-state index < -0.39 is 8.32 Å². The van der Waals surface area contributed by atoms with Crippen LogP contribution in [0.3, 0.4) is 0 Å². The molecule has 0 bridgehead atoms. The van der Waals surface area contributed by atoms with Gasteiger partial charge in [0.2, 0.25) is 0 Å². The van der Waals surface area contributed by atoms with Gasteiger partial charge >= 0.3 is 0 Å². The molecule has 1 nitrogen and oxygen atoms in total. The molecule has 0 rings (SSSR count). The molecule has 0 aliphatic carbocycles. The molecule has 0 saturated heterocycles. The second-order valence-electron chi connectivity index (χ2n) is 12.5. The minimum atomic E-state index is -1.28. The van der Waals surface area contributed by atoms with Crippen LogP contribution in [0, 0.1) is 0 Å². The summed E-state index contributed by atoms with van der Waals surface area (Å²) >= 11 is 0. The van der Waals surface area contributed by atoms with Crippen LogP contribution in [0.15, 0.2) is 0 Å². The summed E-state index contributed by atoms with van der Waals surface area (Å²) in [5.74, 6) is 0. The molecular formula is C33H70OSi. The zero-order chi connectivity index (χ0) is 25.7. The highest BCUT2D eigenvalue weighted by Gasteiger charge is 2.12. The highest BCUT2D eigenvalue weighted by molar-refractivity contribution is 6.69. The predicted molar refractivity (Wildman–Crippen MR) is 164 cm³/mol. The molecule has 0 atom stereocenters. The van der Waals surface area contributed by atoms with Crippen molar-refractivity contribution in [3.8, 4) is 0 Å². The van der Waals surface area contributed by atoms with E-state index in [1.54, 1.807) is 0 Å². The molecule has 212 valence electrons. The molecule has 0 aliphatic heterocycles. The van der Waals surface area contributed by atoms with Crippen molar-refractivity contribution in [2.45, 2.75) is 206 Å². The first-order valence-corrected chi connectivity index (χ1v) is 20.1. The maximum absolute atomic E-state index is 5.93. The average Bonchev–Trinajstić information content (AvgIpc) is 2.82. The van der Waals surface area contributed by atoms with Gasteiger partial charge in [-0.25, -0.2) is 0 Å². The number of hydrogen-bond acceptors (Lipinski definition) is 1. The third-order valence-corrected chi connectivity index (χ3v) is 8.60. The molecule has 0 heterocycles. The summed E-state index contributed by atoms with van der Waals surface area (Å²) in [4.78, 5) is 0. The zero-order valence-corrected chi connectivity index (χ0v) is 26.4. The van der Waals surface area contributed by atoms with Crippen molar-refractivity contribution >= 4 is 8.32 Å². The van der Waals surface area contributed by atoms with E-state index in [-0.39, 0.29) is 0 Å². The maximum Gasteiger partial charge on any atom is 0.183 e. The third-order valence-electron chi connectivity index (χ3n) is 7.53. The Kier molecular flexibility index (Phi) is 28.9. The fourth-order valence-electron chi connectivity index (χ4n) is 5.15. The fourth-order valence-corrected chi connectivity index (χ4v) is 5.91.